The molecule has 0 spiro atoms. The molecule has 0 aromatic carbocycles. The molecule has 90 valence electrons. The Kier molecular flexibility index (Phi) is 3.58. The number of rotatable bonds is 3. The van der Waals surface area contributed by atoms with Crippen molar-refractivity contribution in [3.8, 4) is 0 Å². The number of H-pyrrole nitrogens is 1. The number of nitrogens with zero attached hydrogens (tertiary/aromatic N) is 2. The molecule has 1 amide bonds. The van der Waals surface area contributed by atoms with E-state index in [-0.39, 0.29) is 5.91 Å². The Morgan fingerprint density at radius 3 is 3.18 bits per heavy atom. The van der Waals surface area contributed by atoms with E-state index in [4.69, 9.17) is 12.2 Å². The summed E-state index contributed by atoms with van der Waals surface area (Å²) < 4.78 is 3.29. The number of nitrogens with one attached hydrogen (secondary N) is 2. The SMILES string of the molecule is CNC(=O)CCn1c(=S)[nH]c2cc(Br)cnc21. The molecule has 0 saturated heterocycles. The molecule has 0 unspecified atom stereocenters. The third kappa shape index (κ3) is 2.55. The maximum absolute atomic E-state index is 11.2. The molecule has 0 fully saturated rings. The highest BCUT2D eigenvalue weighted by atomic mass is 79.9. The summed E-state index contributed by atoms with van der Waals surface area (Å²) in [4.78, 5) is 18.6. The number of fused-ring (bicyclic) bond motifs is 1. The number of aromatic amines is 1. The third-order valence-corrected chi connectivity index (χ3v) is 3.17. The summed E-state index contributed by atoms with van der Waals surface area (Å²) in [5.41, 5.74) is 1.63. The van der Waals surface area contributed by atoms with E-state index < -0.39 is 0 Å². The summed E-state index contributed by atoms with van der Waals surface area (Å²) in [6.07, 6.45) is 2.09. The number of imidazole rings is 1. The molecule has 0 atom stereocenters. The second kappa shape index (κ2) is 4.97. The summed E-state index contributed by atoms with van der Waals surface area (Å²) in [7, 11) is 1.62. The highest BCUT2D eigenvalue weighted by Gasteiger charge is 2.07. The molecule has 17 heavy (non-hydrogen) atoms. The molecule has 7 heteroatoms. The molecule has 0 bridgehead atoms. The Labute approximate surface area is 111 Å². The average Bonchev–Trinajstić information content (AvgIpc) is 2.61. The molecule has 2 heterocycles. The van der Waals surface area contributed by atoms with Crippen molar-refractivity contribution in [2.45, 2.75) is 13.0 Å². The first-order valence-corrected chi connectivity index (χ1v) is 6.26. The molecule has 0 aliphatic heterocycles. The fraction of sp³-hybridized carbons (Fsp3) is 0.300. The van der Waals surface area contributed by atoms with Gasteiger partial charge in [-0.25, -0.2) is 4.98 Å². The first-order valence-electron chi connectivity index (χ1n) is 5.06. The fourth-order valence-electron chi connectivity index (χ4n) is 1.56. The highest BCUT2D eigenvalue weighted by Crippen LogP contribution is 2.17. The van der Waals surface area contributed by atoms with Gasteiger partial charge in [0.05, 0.1) is 5.52 Å². The first-order chi connectivity index (χ1) is 8.11. The molecule has 0 aliphatic carbocycles. The zero-order valence-corrected chi connectivity index (χ0v) is 11.6. The van der Waals surface area contributed by atoms with E-state index in [0.717, 1.165) is 15.6 Å². The topological polar surface area (TPSA) is 62.7 Å². The molecule has 2 aromatic heterocycles. The van der Waals surface area contributed by atoms with Gasteiger partial charge < -0.3 is 14.9 Å². The van der Waals surface area contributed by atoms with Gasteiger partial charge >= 0.3 is 0 Å². The lowest BCUT2D eigenvalue weighted by Gasteiger charge is -2.02. The summed E-state index contributed by atoms with van der Waals surface area (Å²) in [5.74, 6) is -0.0154. The van der Waals surface area contributed by atoms with Gasteiger partial charge in [-0.3, -0.25) is 4.79 Å². The van der Waals surface area contributed by atoms with Crippen molar-refractivity contribution >= 4 is 45.2 Å². The zero-order chi connectivity index (χ0) is 12.4. The number of carbonyl (C=O) groups excluding carboxylic acids is 1. The second-order valence-corrected chi connectivity index (χ2v) is 4.83. The van der Waals surface area contributed by atoms with Gasteiger partial charge in [0.25, 0.3) is 0 Å². The monoisotopic (exact) mass is 314 g/mol. The predicted molar refractivity (Wildman–Crippen MR) is 71.3 cm³/mol. The number of amides is 1. The van der Waals surface area contributed by atoms with E-state index in [9.17, 15) is 4.79 Å². The van der Waals surface area contributed by atoms with Gasteiger partial charge in [0.2, 0.25) is 5.91 Å². The maximum atomic E-state index is 11.2. The van der Waals surface area contributed by atoms with Crippen LogP contribution in [0.1, 0.15) is 6.42 Å². The molecule has 2 N–H and O–H groups in total. The summed E-state index contributed by atoms with van der Waals surface area (Å²) in [6, 6.07) is 1.91. The number of pyridine rings is 1. The largest absolute Gasteiger partial charge is 0.359 e. The second-order valence-electron chi connectivity index (χ2n) is 3.53. The maximum Gasteiger partial charge on any atom is 0.221 e. The Balaban J connectivity index is 2.36. The van der Waals surface area contributed by atoms with Crippen molar-refractivity contribution in [3.05, 3.63) is 21.5 Å². The molecule has 0 saturated carbocycles. The summed E-state index contributed by atoms with van der Waals surface area (Å²) >= 11 is 8.55. The Bertz CT molecular complexity index is 618. The van der Waals surface area contributed by atoms with Crippen molar-refractivity contribution in [2.24, 2.45) is 0 Å². The molecule has 5 nitrogen and oxygen atoms in total. The average molecular weight is 315 g/mol. The highest BCUT2D eigenvalue weighted by molar-refractivity contribution is 9.10. The van der Waals surface area contributed by atoms with Gasteiger partial charge in [0.15, 0.2) is 10.4 Å². The standard InChI is InChI=1S/C10H11BrN4OS/c1-12-8(16)2-3-15-9-7(14-10(15)17)4-6(11)5-13-9/h4-5H,2-3H2,1H3,(H,12,16)(H,14,17). The molecule has 0 aliphatic rings. The lowest BCUT2D eigenvalue weighted by Crippen LogP contribution is -2.19. The predicted octanol–water partition coefficient (Wildman–Crippen LogP) is 1.99. The van der Waals surface area contributed by atoms with Crippen LogP contribution < -0.4 is 5.32 Å². The van der Waals surface area contributed by atoms with Crippen LogP contribution in [0, 0.1) is 4.77 Å². The number of hydrogen-bond acceptors (Lipinski definition) is 3. The van der Waals surface area contributed by atoms with E-state index >= 15 is 0 Å². The normalized spacial score (nSPS) is 10.7. The van der Waals surface area contributed by atoms with Crippen molar-refractivity contribution < 1.29 is 4.79 Å². The van der Waals surface area contributed by atoms with Crippen molar-refractivity contribution in [2.75, 3.05) is 7.05 Å². The van der Waals surface area contributed by atoms with Gasteiger partial charge in [-0.1, -0.05) is 0 Å². The molecular formula is C10H11BrN4OS. The van der Waals surface area contributed by atoms with Crippen LogP contribution >= 0.6 is 28.1 Å². The lowest BCUT2D eigenvalue weighted by atomic mass is 10.4. The van der Waals surface area contributed by atoms with Crippen LogP contribution in [-0.2, 0) is 11.3 Å². The smallest absolute Gasteiger partial charge is 0.221 e. The number of aryl methyl sites for hydroxylation is 1. The van der Waals surface area contributed by atoms with Gasteiger partial charge in [-0.05, 0) is 34.2 Å². The number of carbonyl (C=O) groups is 1. The fourth-order valence-corrected chi connectivity index (χ4v) is 2.18. The molecule has 2 rings (SSSR count). The lowest BCUT2D eigenvalue weighted by molar-refractivity contribution is -0.120. The number of aromatic nitrogens is 3. The summed E-state index contributed by atoms with van der Waals surface area (Å²) in [6.45, 7) is 0.521. The van der Waals surface area contributed by atoms with Crippen LogP contribution in [0.25, 0.3) is 11.2 Å². The minimum atomic E-state index is -0.0154. The Hall–Kier alpha value is -1.21. The minimum absolute atomic E-state index is 0.0154. The molecular weight excluding hydrogens is 304 g/mol. The molecule has 2 aromatic rings. The van der Waals surface area contributed by atoms with Crippen molar-refractivity contribution in [3.63, 3.8) is 0 Å². The van der Waals surface area contributed by atoms with Crippen molar-refractivity contribution in [1.82, 2.24) is 19.9 Å². The van der Waals surface area contributed by atoms with Crippen LogP contribution in [-0.4, -0.2) is 27.5 Å². The number of hydrogen-bond donors (Lipinski definition) is 2. The van der Waals surface area contributed by atoms with Gasteiger partial charge in [-0.15, -0.1) is 0 Å². The minimum Gasteiger partial charge on any atom is -0.359 e. The van der Waals surface area contributed by atoms with Gasteiger partial charge in [-0.2, -0.15) is 0 Å². The number of halogens is 1. The first kappa shape index (κ1) is 12.3. The molecule has 0 radical (unpaired) electrons. The van der Waals surface area contributed by atoms with E-state index in [2.05, 4.69) is 31.2 Å². The Morgan fingerprint density at radius 1 is 1.71 bits per heavy atom. The van der Waals surface area contributed by atoms with Crippen LogP contribution in [0.3, 0.4) is 0 Å². The van der Waals surface area contributed by atoms with Gasteiger partial charge in [0, 0.05) is 30.7 Å². The van der Waals surface area contributed by atoms with Crippen LogP contribution in [0.5, 0.6) is 0 Å². The van der Waals surface area contributed by atoms with E-state index in [1.54, 1.807) is 13.2 Å². The van der Waals surface area contributed by atoms with Crippen molar-refractivity contribution in [1.29, 1.82) is 0 Å². The van der Waals surface area contributed by atoms with E-state index in [1.165, 1.54) is 0 Å². The zero-order valence-electron chi connectivity index (χ0n) is 9.16. The van der Waals surface area contributed by atoms with Crippen LogP contribution in [0.2, 0.25) is 0 Å². The van der Waals surface area contributed by atoms with E-state index in [1.807, 2.05) is 10.6 Å². The third-order valence-electron chi connectivity index (χ3n) is 2.42. The summed E-state index contributed by atoms with van der Waals surface area (Å²) in [5, 5.41) is 2.58. The van der Waals surface area contributed by atoms with E-state index in [0.29, 0.717) is 17.7 Å². The van der Waals surface area contributed by atoms with Gasteiger partial charge in [0.1, 0.15) is 0 Å². The van der Waals surface area contributed by atoms with Crippen LogP contribution in [0.4, 0.5) is 0 Å². The quantitative estimate of drug-likeness (QED) is 0.852. The Morgan fingerprint density at radius 2 is 2.47 bits per heavy atom. The van der Waals surface area contributed by atoms with Crippen LogP contribution in [0.15, 0.2) is 16.7 Å².